The number of likely N-dealkylation sites (tertiary alicyclic amines) is 1. The van der Waals surface area contributed by atoms with Gasteiger partial charge in [-0.15, -0.1) is 10.2 Å². The first-order valence-electron chi connectivity index (χ1n) is 10.8. The van der Waals surface area contributed by atoms with Crippen molar-refractivity contribution >= 4 is 27.7 Å². The highest BCUT2D eigenvalue weighted by atomic mass is 32.2. The van der Waals surface area contributed by atoms with Crippen molar-refractivity contribution in [2.75, 3.05) is 25.4 Å². The number of carbonyl (C=O) groups excluding carboxylic acids is 1. The molecule has 0 aliphatic carbocycles. The highest BCUT2D eigenvalue weighted by Gasteiger charge is 2.27. The number of sulfonamides is 1. The van der Waals surface area contributed by atoms with Crippen LogP contribution >= 0.6 is 11.8 Å². The van der Waals surface area contributed by atoms with E-state index in [1.807, 2.05) is 16.5 Å². The van der Waals surface area contributed by atoms with Gasteiger partial charge >= 0.3 is 0 Å². The molecule has 4 rings (SSSR count). The van der Waals surface area contributed by atoms with E-state index in [1.165, 1.54) is 18.2 Å². The van der Waals surface area contributed by atoms with E-state index >= 15 is 0 Å². The summed E-state index contributed by atoms with van der Waals surface area (Å²) in [5, 5.41) is 9.18. The van der Waals surface area contributed by atoms with Crippen LogP contribution in [0, 0.1) is 0 Å². The molecule has 3 heterocycles. The Morgan fingerprint density at radius 1 is 1.06 bits per heavy atom. The lowest BCUT2D eigenvalue weighted by atomic mass is 10.0. The summed E-state index contributed by atoms with van der Waals surface area (Å²) in [6.07, 6.45) is 5.14. The Morgan fingerprint density at radius 3 is 2.42 bits per heavy atom. The number of piperidine rings is 1. The van der Waals surface area contributed by atoms with Crippen molar-refractivity contribution in [3.05, 3.63) is 24.3 Å². The highest BCUT2D eigenvalue weighted by molar-refractivity contribution is 7.99. The van der Waals surface area contributed by atoms with Crippen molar-refractivity contribution in [1.82, 2.24) is 24.0 Å². The number of aromatic nitrogens is 3. The Balaban J connectivity index is 1.43. The van der Waals surface area contributed by atoms with E-state index in [9.17, 15) is 13.2 Å². The van der Waals surface area contributed by atoms with Crippen molar-refractivity contribution in [3.8, 4) is 11.4 Å². The number of carbonyl (C=O) groups is 1. The van der Waals surface area contributed by atoms with Crippen LogP contribution in [0.2, 0.25) is 0 Å². The molecule has 0 bridgehead atoms. The number of amides is 1. The first-order valence-corrected chi connectivity index (χ1v) is 13.2. The second kappa shape index (κ2) is 9.30. The number of hydrogen-bond acceptors (Lipinski definition) is 6. The molecule has 0 unspecified atom stereocenters. The smallest absolute Gasteiger partial charge is 0.243 e. The minimum atomic E-state index is -3.43. The van der Waals surface area contributed by atoms with Crippen molar-refractivity contribution < 1.29 is 13.2 Å². The Labute approximate surface area is 188 Å². The van der Waals surface area contributed by atoms with Gasteiger partial charge in [0, 0.05) is 38.3 Å². The van der Waals surface area contributed by atoms with E-state index in [0.717, 1.165) is 37.8 Å². The average Bonchev–Trinajstić information content (AvgIpc) is 3.43. The van der Waals surface area contributed by atoms with E-state index < -0.39 is 10.0 Å². The van der Waals surface area contributed by atoms with Gasteiger partial charge in [-0.1, -0.05) is 11.8 Å². The molecule has 1 atom stereocenters. The van der Waals surface area contributed by atoms with E-state index in [4.69, 9.17) is 0 Å². The summed E-state index contributed by atoms with van der Waals surface area (Å²) in [5.41, 5.74) is 0.790. The molecular weight excluding hydrogens is 434 g/mol. The molecule has 31 heavy (non-hydrogen) atoms. The molecule has 1 amide bonds. The number of rotatable bonds is 6. The molecule has 1 aromatic carbocycles. The molecule has 0 radical (unpaired) electrons. The van der Waals surface area contributed by atoms with E-state index in [-0.39, 0.29) is 5.91 Å². The second-order valence-electron chi connectivity index (χ2n) is 8.22. The third kappa shape index (κ3) is 4.65. The summed E-state index contributed by atoms with van der Waals surface area (Å²) < 4.78 is 28.8. The zero-order valence-electron chi connectivity index (χ0n) is 18.0. The fourth-order valence-electron chi connectivity index (χ4n) is 4.22. The molecule has 8 nitrogen and oxygen atoms in total. The van der Waals surface area contributed by atoms with Gasteiger partial charge in [-0.25, -0.2) is 8.42 Å². The molecule has 10 heteroatoms. The summed E-state index contributed by atoms with van der Waals surface area (Å²) >= 11 is 1.39. The maximum absolute atomic E-state index is 12.7. The van der Waals surface area contributed by atoms with Crippen molar-refractivity contribution in [1.29, 1.82) is 0 Å². The van der Waals surface area contributed by atoms with Gasteiger partial charge in [-0.05, 0) is 63.3 Å². The molecule has 0 N–H and O–H groups in total. The summed E-state index contributed by atoms with van der Waals surface area (Å²) in [4.78, 5) is 14.9. The number of thioether (sulfide) groups is 1. The van der Waals surface area contributed by atoms with Crippen molar-refractivity contribution in [2.24, 2.45) is 7.05 Å². The van der Waals surface area contributed by atoms with Gasteiger partial charge in [0.2, 0.25) is 15.9 Å². The van der Waals surface area contributed by atoms with Gasteiger partial charge in [0.05, 0.1) is 10.6 Å². The summed E-state index contributed by atoms with van der Waals surface area (Å²) in [7, 11) is -1.57. The number of nitrogens with zero attached hydrogens (tertiary/aromatic N) is 5. The number of hydrogen-bond donors (Lipinski definition) is 0. The molecule has 2 aliphatic rings. The molecular formula is C21H29N5O3S2. The maximum atomic E-state index is 12.7. The van der Waals surface area contributed by atoms with Crippen LogP contribution in [0.15, 0.2) is 34.3 Å². The van der Waals surface area contributed by atoms with E-state index in [1.54, 1.807) is 28.6 Å². The molecule has 2 fully saturated rings. The van der Waals surface area contributed by atoms with Gasteiger partial charge in [-0.3, -0.25) is 4.79 Å². The van der Waals surface area contributed by atoms with Gasteiger partial charge in [0.15, 0.2) is 11.0 Å². The third-order valence-corrected chi connectivity index (χ3v) is 9.02. The van der Waals surface area contributed by atoms with Crippen LogP contribution in [0.1, 0.15) is 39.0 Å². The summed E-state index contributed by atoms with van der Waals surface area (Å²) in [5.74, 6) is 1.12. The molecule has 1 aromatic heterocycles. The average molecular weight is 464 g/mol. The third-order valence-electron chi connectivity index (χ3n) is 6.10. The monoisotopic (exact) mass is 463 g/mol. The maximum Gasteiger partial charge on any atom is 0.243 e. The van der Waals surface area contributed by atoms with Crippen LogP contribution in [0.3, 0.4) is 0 Å². The summed E-state index contributed by atoms with van der Waals surface area (Å²) in [6.45, 7) is 4.11. The lowest BCUT2D eigenvalue weighted by molar-refractivity contribution is -0.131. The minimum absolute atomic E-state index is 0.137. The lowest BCUT2D eigenvalue weighted by Gasteiger charge is -2.33. The normalized spacial score (nSPS) is 20.3. The standard InChI is InChI=1S/C21H29N5O3S2/c1-16-7-3-4-14-26(16)19(27)15-30-21-23-22-20(24(21)2)17-8-10-18(11-9-17)31(28,29)25-12-5-6-13-25/h8-11,16H,3-7,12-15H2,1-2H3/t16-/m0/s1. The van der Waals surface area contributed by atoms with Crippen molar-refractivity contribution in [3.63, 3.8) is 0 Å². The highest BCUT2D eigenvalue weighted by Crippen LogP contribution is 2.27. The first-order chi connectivity index (χ1) is 14.9. The van der Waals surface area contributed by atoms with Gasteiger partial charge < -0.3 is 9.47 Å². The molecule has 2 aromatic rings. The van der Waals surface area contributed by atoms with Crippen LogP contribution in [0.25, 0.3) is 11.4 Å². The SMILES string of the molecule is C[C@H]1CCCCN1C(=O)CSc1nnc(-c2ccc(S(=O)(=O)N3CCCC3)cc2)n1C. The second-order valence-corrected chi connectivity index (χ2v) is 11.1. The summed E-state index contributed by atoms with van der Waals surface area (Å²) in [6, 6.07) is 7.09. The zero-order valence-corrected chi connectivity index (χ0v) is 19.7. The first kappa shape index (κ1) is 22.3. The van der Waals surface area contributed by atoms with Gasteiger partial charge in [0.25, 0.3) is 0 Å². The number of benzene rings is 1. The quantitative estimate of drug-likeness (QED) is 0.612. The zero-order chi connectivity index (χ0) is 22.0. The molecule has 2 aliphatic heterocycles. The predicted molar refractivity (Wildman–Crippen MR) is 120 cm³/mol. The minimum Gasteiger partial charge on any atom is -0.339 e. The molecule has 0 saturated carbocycles. The fourth-order valence-corrected chi connectivity index (χ4v) is 6.54. The van der Waals surface area contributed by atoms with Crippen LogP contribution < -0.4 is 0 Å². The predicted octanol–water partition coefficient (Wildman–Crippen LogP) is 2.76. The van der Waals surface area contributed by atoms with Crippen LogP contribution in [-0.2, 0) is 21.9 Å². The van der Waals surface area contributed by atoms with E-state index in [0.29, 0.717) is 40.8 Å². The fraction of sp³-hybridized carbons (Fsp3) is 0.571. The Hall–Kier alpha value is -1.91. The van der Waals surface area contributed by atoms with Gasteiger partial charge in [-0.2, -0.15) is 4.31 Å². The Morgan fingerprint density at radius 2 is 1.74 bits per heavy atom. The van der Waals surface area contributed by atoms with Crippen LogP contribution in [-0.4, -0.2) is 69.7 Å². The van der Waals surface area contributed by atoms with Crippen LogP contribution in [0.4, 0.5) is 0 Å². The Bertz CT molecular complexity index is 1030. The molecule has 2 saturated heterocycles. The van der Waals surface area contributed by atoms with E-state index in [2.05, 4.69) is 17.1 Å². The van der Waals surface area contributed by atoms with Gasteiger partial charge in [0.1, 0.15) is 0 Å². The Kier molecular flexibility index (Phi) is 6.68. The van der Waals surface area contributed by atoms with Crippen molar-refractivity contribution in [2.45, 2.75) is 55.1 Å². The molecule has 168 valence electrons. The van der Waals surface area contributed by atoms with Crippen LogP contribution in [0.5, 0.6) is 0 Å². The topological polar surface area (TPSA) is 88.4 Å². The largest absolute Gasteiger partial charge is 0.339 e. The lowest BCUT2D eigenvalue weighted by Crippen LogP contribution is -2.42. The molecule has 0 spiro atoms.